The van der Waals surface area contributed by atoms with Crippen molar-refractivity contribution < 1.29 is 0 Å². The van der Waals surface area contributed by atoms with Crippen LogP contribution in [0.25, 0.3) is 0 Å². The van der Waals surface area contributed by atoms with Crippen molar-refractivity contribution in [1.82, 2.24) is 25.4 Å². The molecule has 7 heteroatoms. The first-order chi connectivity index (χ1) is 11.5. The van der Waals surface area contributed by atoms with Gasteiger partial charge in [-0.05, 0) is 37.5 Å². The minimum Gasteiger partial charge on any atom is -0.356 e. The molecule has 2 N–H and O–H groups in total. The summed E-state index contributed by atoms with van der Waals surface area (Å²) in [5.74, 6) is 2.59. The number of aryl methyl sites for hydroxylation is 1. The lowest BCUT2D eigenvalue weighted by Gasteiger charge is -2.19. The lowest BCUT2D eigenvalue weighted by molar-refractivity contribution is 0.639. The van der Waals surface area contributed by atoms with Crippen molar-refractivity contribution in [2.75, 3.05) is 13.6 Å². The standard InChI is InChI=1S/C17H23BrN6/c1-12-22-23-15(24(12)3)10-20-16(19-2)21-11-17(7-8-17)13-5-4-6-14(18)9-13/h4-6,9H,7-8,10-11H2,1-3H3,(H2,19,20,21). The molecular formula is C17H23BrN6. The van der Waals surface area contributed by atoms with Gasteiger partial charge >= 0.3 is 0 Å². The Balaban J connectivity index is 1.57. The Morgan fingerprint density at radius 1 is 1.33 bits per heavy atom. The third kappa shape index (κ3) is 3.61. The fourth-order valence-corrected chi connectivity index (χ4v) is 3.18. The van der Waals surface area contributed by atoms with Crippen molar-refractivity contribution in [2.45, 2.75) is 31.7 Å². The molecule has 0 aliphatic heterocycles. The van der Waals surface area contributed by atoms with E-state index >= 15 is 0 Å². The minimum atomic E-state index is 0.225. The van der Waals surface area contributed by atoms with Crippen LogP contribution < -0.4 is 10.6 Å². The normalized spacial score (nSPS) is 16.1. The number of nitrogens with one attached hydrogen (secondary N) is 2. The predicted octanol–water partition coefficient (Wildman–Crippen LogP) is 2.28. The fourth-order valence-electron chi connectivity index (χ4n) is 2.78. The van der Waals surface area contributed by atoms with Crippen LogP contribution in [0.3, 0.4) is 0 Å². The molecule has 1 aromatic heterocycles. The summed E-state index contributed by atoms with van der Waals surface area (Å²) in [6.07, 6.45) is 2.41. The van der Waals surface area contributed by atoms with Gasteiger partial charge in [-0.2, -0.15) is 0 Å². The van der Waals surface area contributed by atoms with E-state index < -0.39 is 0 Å². The summed E-state index contributed by atoms with van der Waals surface area (Å²) in [7, 11) is 3.75. The first-order valence-corrected chi connectivity index (χ1v) is 8.89. The summed E-state index contributed by atoms with van der Waals surface area (Å²) >= 11 is 3.56. The van der Waals surface area contributed by atoms with Gasteiger partial charge in [-0.3, -0.25) is 4.99 Å². The van der Waals surface area contributed by atoms with Crippen LogP contribution in [0.1, 0.15) is 30.1 Å². The molecule has 1 aliphatic carbocycles. The highest BCUT2D eigenvalue weighted by molar-refractivity contribution is 9.10. The number of guanidine groups is 1. The molecule has 0 radical (unpaired) electrons. The smallest absolute Gasteiger partial charge is 0.191 e. The number of nitrogens with zero attached hydrogens (tertiary/aromatic N) is 4. The Bertz CT molecular complexity index is 747. The van der Waals surface area contributed by atoms with E-state index in [2.05, 4.69) is 66.0 Å². The monoisotopic (exact) mass is 390 g/mol. The molecule has 1 saturated carbocycles. The van der Waals surface area contributed by atoms with Gasteiger partial charge in [0.15, 0.2) is 11.8 Å². The number of benzene rings is 1. The molecule has 0 atom stereocenters. The molecule has 2 aromatic rings. The third-order valence-electron chi connectivity index (χ3n) is 4.71. The highest BCUT2D eigenvalue weighted by Gasteiger charge is 2.44. The molecule has 0 spiro atoms. The van der Waals surface area contributed by atoms with Crippen LogP contribution in [0.5, 0.6) is 0 Å². The molecule has 128 valence electrons. The second-order valence-corrected chi connectivity index (χ2v) is 7.21. The second-order valence-electron chi connectivity index (χ2n) is 6.29. The number of aliphatic imine (C=N–C) groups is 1. The van der Waals surface area contributed by atoms with Gasteiger partial charge in [0.1, 0.15) is 5.82 Å². The van der Waals surface area contributed by atoms with E-state index in [0.717, 1.165) is 28.6 Å². The zero-order valence-corrected chi connectivity index (χ0v) is 15.9. The van der Waals surface area contributed by atoms with Crippen molar-refractivity contribution in [3.05, 3.63) is 46.0 Å². The number of aromatic nitrogens is 3. The Hall–Kier alpha value is -1.89. The maximum atomic E-state index is 4.31. The fraction of sp³-hybridized carbons (Fsp3) is 0.471. The third-order valence-corrected chi connectivity index (χ3v) is 5.20. The average Bonchev–Trinajstić information content (AvgIpc) is 3.31. The van der Waals surface area contributed by atoms with E-state index in [1.807, 2.05) is 18.5 Å². The summed E-state index contributed by atoms with van der Waals surface area (Å²) < 4.78 is 3.11. The maximum absolute atomic E-state index is 4.31. The number of hydrogen-bond donors (Lipinski definition) is 2. The molecule has 6 nitrogen and oxygen atoms in total. The molecule has 0 saturated heterocycles. The quantitative estimate of drug-likeness (QED) is 0.606. The molecule has 1 aromatic carbocycles. The molecule has 1 fully saturated rings. The van der Waals surface area contributed by atoms with E-state index in [0.29, 0.717) is 6.54 Å². The zero-order chi connectivity index (χ0) is 17.2. The maximum Gasteiger partial charge on any atom is 0.191 e. The second kappa shape index (κ2) is 6.93. The zero-order valence-electron chi connectivity index (χ0n) is 14.3. The number of halogens is 1. The van der Waals surface area contributed by atoms with E-state index in [1.54, 1.807) is 7.05 Å². The largest absolute Gasteiger partial charge is 0.356 e. The van der Waals surface area contributed by atoms with Crippen molar-refractivity contribution in [3.8, 4) is 0 Å². The molecule has 1 aliphatic rings. The first-order valence-electron chi connectivity index (χ1n) is 8.09. The summed E-state index contributed by atoms with van der Waals surface area (Å²) in [4.78, 5) is 4.31. The van der Waals surface area contributed by atoms with Crippen molar-refractivity contribution in [1.29, 1.82) is 0 Å². The SMILES string of the molecule is CN=C(NCc1nnc(C)n1C)NCC1(c2cccc(Br)c2)CC1. The Kier molecular flexibility index (Phi) is 4.89. The van der Waals surface area contributed by atoms with E-state index in [4.69, 9.17) is 0 Å². The molecular weight excluding hydrogens is 368 g/mol. The molecule has 24 heavy (non-hydrogen) atoms. The summed E-state index contributed by atoms with van der Waals surface area (Å²) in [5, 5.41) is 15.0. The molecule has 0 unspecified atom stereocenters. The summed E-state index contributed by atoms with van der Waals surface area (Å²) in [6, 6.07) is 8.59. The number of rotatable bonds is 5. The highest BCUT2D eigenvalue weighted by Crippen LogP contribution is 2.48. The Labute approximate surface area is 150 Å². The van der Waals surface area contributed by atoms with Gasteiger partial charge in [0.05, 0.1) is 6.54 Å². The Morgan fingerprint density at radius 2 is 2.12 bits per heavy atom. The van der Waals surface area contributed by atoms with Crippen LogP contribution in [-0.4, -0.2) is 34.3 Å². The van der Waals surface area contributed by atoms with Crippen LogP contribution >= 0.6 is 15.9 Å². The molecule has 0 amide bonds. The predicted molar refractivity (Wildman–Crippen MR) is 99.0 cm³/mol. The first kappa shape index (κ1) is 17.0. The van der Waals surface area contributed by atoms with E-state index in [9.17, 15) is 0 Å². The lowest BCUT2D eigenvalue weighted by Crippen LogP contribution is -2.41. The molecule has 0 bridgehead atoms. The van der Waals surface area contributed by atoms with E-state index in [-0.39, 0.29) is 5.41 Å². The summed E-state index contributed by atoms with van der Waals surface area (Å²) in [6.45, 7) is 3.42. The molecule has 1 heterocycles. The lowest BCUT2D eigenvalue weighted by atomic mass is 9.96. The van der Waals surface area contributed by atoms with Gasteiger partial charge in [0, 0.05) is 30.5 Å². The topological polar surface area (TPSA) is 67.1 Å². The molecule has 3 rings (SSSR count). The highest BCUT2D eigenvalue weighted by atomic mass is 79.9. The minimum absolute atomic E-state index is 0.225. The van der Waals surface area contributed by atoms with Gasteiger partial charge in [-0.25, -0.2) is 0 Å². The van der Waals surface area contributed by atoms with Gasteiger partial charge in [0.25, 0.3) is 0 Å². The van der Waals surface area contributed by atoms with E-state index in [1.165, 1.54) is 18.4 Å². The average molecular weight is 391 g/mol. The van der Waals surface area contributed by atoms with Crippen LogP contribution in [0, 0.1) is 6.92 Å². The van der Waals surface area contributed by atoms with Crippen molar-refractivity contribution >= 4 is 21.9 Å². The van der Waals surface area contributed by atoms with Crippen LogP contribution in [-0.2, 0) is 19.0 Å². The Morgan fingerprint density at radius 3 is 2.71 bits per heavy atom. The van der Waals surface area contributed by atoms with Crippen LogP contribution in [0.2, 0.25) is 0 Å². The van der Waals surface area contributed by atoms with Gasteiger partial charge < -0.3 is 15.2 Å². The van der Waals surface area contributed by atoms with Gasteiger partial charge in [0.2, 0.25) is 0 Å². The van der Waals surface area contributed by atoms with Gasteiger partial charge in [-0.1, -0.05) is 28.1 Å². The van der Waals surface area contributed by atoms with Gasteiger partial charge in [-0.15, -0.1) is 10.2 Å². The van der Waals surface area contributed by atoms with Crippen molar-refractivity contribution in [3.63, 3.8) is 0 Å². The number of hydrogen-bond acceptors (Lipinski definition) is 3. The van der Waals surface area contributed by atoms with Crippen molar-refractivity contribution in [2.24, 2.45) is 12.0 Å². The van der Waals surface area contributed by atoms with Crippen LogP contribution in [0.15, 0.2) is 33.7 Å². The summed E-state index contributed by atoms with van der Waals surface area (Å²) in [5.41, 5.74) is 1.60. The van der Waals surface area contributed by atoms with Crippen LogP contribution in [0.4, 0.5) is 0 Å².